The zero-order chi connectivity index (χ0) is 11.5. The normalized spacial score (nSPS) is 17.4. The monoisotopic (exact) mass is 219 g/mol. The van der Waals surface area contributed by atoms with Crippen LogP contribution in [0, 0.1) is 0 Å². The van der Waals surface area contributed by atoms with Crippen LogP contribution in [0.5, 0.6) is 0 Å². The third-order valence-corrected chi connectivity index (χ3v) is 2.52. The highest BCUT2D eigenvalue weighted by atomic mass is 16.2. The molecule has 0 radical (unpaired) electrons. The number of nitrogens with one attached hydrogen (secondary N) is 2. The fraction of sp³-hybridized carbons (Fsp3) is 0.273. The molecular formula is C11H13N3O2. The number of carbonyl (C=O) groups is 2. The van der Waals surface area contributed by atoms with Gasteiger partial charge < -0.3 is 16.4 Å². The molecule has 1 aliphatic rings. The number of nitrogens with two attached hydrogens (primary N) is 1. The van der Waals surface area contributed by atoms with E-state index < -0.39 is 5.91 Å². The number of primary amides is 1. The number of hydrogen-bond acceptors (Lipinski definition) is 3. The van der Waals surface area contributed by atoms with Crippen LogP contribution in [0.1, 0.15) is 5.56 Å². The van der Waals surface area contributed by atoms with Gasteiger partial charge in [-0.2, -0.15) is 0 Å². The Bertz CT molecular complexity index is 406. The Morgan fingerprint density at radius 2 is 2.19 bits per heavy atom. The standard InChI is InChI=1S/C11H13N3O2/c12-10(15)6-13-11(16)9-5-7-3-1-2-4-8(7)14-9/h1-4,9,14H,5-6H2,(H2,12,15)(H,13,16). The fourth-order valence-corrected chi connectivity index (χ4v) is 1.75. The number of hydrogen-bond donors (Lipinski definition) is 3. The van der Waals surface area contributed by atoms with Crippen molar-refractivity contribution in [2.24, 2.45) is 5.73 Å². The molecule has 1 heterocycles. The summed E-state index contributed by atoms with van der Waals surface area (Å²) in [5.41, 5.74) is 7.04. The molecule has 0 saturated carbocycles. The molecule has 2 rings (SSSR count). The Morgan fingerprint density at radius 1 is 1.44 bits per heavy atom. The third kappa shape index (κ3) is 2.13. The minimum atomic E-state index is -0.538. The van der Waals surface area contributed by atoms with Gasteiger partial charge in [0.25, 0.3) is 0 Å². The van der Waals surface area contributed by atoms with Gasteiger partial charge in [-0.05, 0) is 11.6 Å². The van der Waals surface area contributed by atoms with Crippen molar-refractivity contribution < 1.29 is 9.59 Å². The summed E-state index contributed by atoms with van der Waals surface area (Å²) in [6.07, 6.45) is 0.640. The summed E-state index contributed by atoms with van der Waals surface area (Å²) in [4.78, 5) is 22.2. The van der Waals surface area contributed by atoms with Gasteiger partial charge in [0, 0.05) is 12.1 Å². The number of benzene rings is 1. The van der Waals surface area contributed by atoms with Crippen LogP contribution in [0.4, 0.5) is 5.69 Å². The smallest absolute Gasteiger partial charge is 0.243 e. The molecule has 1 aromatic carbocycles. The number of carbonyl (C=O) groups excluding carboxylic acids is 2. The predicted molar refractivity (Wildman–Crippen MR) is 59.8 cm³/mol. The Balaban J connectivity index is 1.96. The summed E-state index contributed by atoms with van der Waals surface area (Å²) < 4.78 is 0. The van der Waals surface area contributed by atoms with Gasteiger partial charge in [0.15, 0.2) is 0 Å². The van der Waals surface area contributed by atoms with E-state index in [9.17, 15) is 9.59 Å². The molecule has 1 unspecified atom stereocenters. The van der Waals surface area contributed by atoms with E-state index in [4.69, 9.17) is 5.73 Å². The first-order chi connectivity index (χ1) is 7.66. The van der Waals surface area contributed by atoms with Crippen molar-refractivity contribution in [3.05, 3.63) is 29.8 Å². The summed E-state index contributed by atoms with van der Waals surface area (Å²) in [5.74, 6) is -0.737. The molecule has 0 aromatic heterocycles. The van der Waals surface area contributed by atoms with Crippen molar-refractivity contribution in [3.8, 4) is 0 Å². The molecule has 16 heavy (non-hydrogen) atoms. The van der Waals surface area contributed by atoms with Crippen molar-refractivity contribution in [2.75, 3.05) is 11.9 Å². The lowest BCUT2D eigenvalue weighted by molar-refractivity contribution is -0.125. The van der Waals surface area contributed by atoms with Gasteiger partial charge in [0.1, 0.15) is 6.04 Å². The van der Waals surface area contributed by atoms with Crippen molar-refractivity contribution >= 4 is 17.5 Å². The molecule has 1 aliphatic heterocycles. The number of anilines is 1. The Hall–Kier alpha value is -2.04. The molecule has 0 bridgehead atoms. The maximum absolute atomic E-state index is 11.6. The van der Waals surface area contributed by atoms with E-state index in [1.807, 2.05) is 24.3 Å². The van der Waals surface area contributed by atoms with Crippen LogP contribution in [-0.4, -0.2) is 24.4 Å². The number of amides is 2. The highest BCUT2D eigenvalue weighted by Crippen LogP contribution is 2.24. The highest BCUT2D eigenvalue weighted by Gasteiger charge is 2.25. The number of fused-ring (bicyclic) bond motifs is 1. The molecule has 1 atom stereocenters. The summed E-state index contributed by atoms with van der Waals surface area (Å²) in [6, 6.07) is 7.44. The van der Waals surface area contributed by atoms with Gasteiger partial charge in [-0.25, -0.2) is 0 Å². The van der Waals surface area contributed by atoms with Crippen LogP contribution >= 0.6 is 0 Å². The van der Waals surface area contributed by atoms with Crippen molar-refractivity contribution in [1.29, 1.82) is 0 Å². The molecule has 2 amide bonds. The van der Waals surface area contributed by atoms with Crippen LogP contribution < -0.4 is 16.4 Å². The van der Waals surface area contributed by atoms with Crippen LogP contribution in [0.2, 0.25) is 0 Å². The van der Waals surface area contributed by atoms with E-state index in [2.05, 4.69) is 10.6 Å². The van der Waals surface area contributed by atoms with Crippen LogP contribution in [0.25, 0.3) is 0 Å². The minimum absolute atomic E-state index is 0.118. The van der Waals surface area contributed by atoms with Crippen LogP contribution in [0.15, 0.2) is 24.3 Å². The molecule has 5 heteroatoms. The topological polar surface area (TPSA) is 84.2 Å². The molecular weight excluding hydrogens is 206 g/mol. The average Bonchev–Trinajstić information content (AvgIpc) is 2.69. The molecule has 0 aliphatic carbocycles. The molecule has 0 spiro atoms. The minimum Gasteiger partial charge on any atom is -0.373 e. The predicted octanol–water partition coefficient (Wildman–Crippen LogP) is -0.375. The number of rotatable bonds is 3. The van der Waals surface area contributed by atoms with E-state index in [0.29, 0.717) is 6.42 Å². The summed E-state index contributed by atoms with van der Waals surface area (Å²) in [7, 11) is 0. The second-order valence-corrected chi connectivity index (χ2v) is 3.74. The maximum Gasteiger partial charge on any atom is 0.243 e. The van der Waals surface area contributed by atoms with Crippen molar-refractivity contribution in [2.45, 2.75) is 12.5 Å². The SMILES string of the molecule is NC(=O)CNC(=O)C1Cc2ccccc2N1. The third-order valence-electron chi connectivity index (χ3n) is 2.52. The van der Waals surface area contributed by atoms with E-state index in [0.717, 1.165) is 11.3 Å². The van der Waals surface area contributed by atoms with Gasteiger partial charge in [-0.15, -0.1) is 0 Å². The van der Waals surface area contributed by atoms with Gasteiger partial charge in [-0.1, -0.05) is 18.2 Å². The molecule has 0 fully saturated rings. The first-order valence-electron chi connectivity index (χ1n) is 5.07. The zero-order valence-electron chi connectivity index (χ0n) is 8.69. The highest BCUT2D eigenvalue weighted by molar-refractivity contribution is 5.90. The van der Waals surface area contributed by atoms with Gasteiger partial charge >= 0.3 is 0 Å². The largest absolute Gasteiger partial charge is 0.373 e. The fourth-order valence-electron chi connectivity index (χ4n) is 1.75. The van der Waals surface area contributed by atoms with Crippen molar-refractivity contribution in [3.63, 3.8) is 0 Å². The molecule has 4 N–H and O–H groups in total. The van der Waals surface area contributed by atoms with Crippen LogP contribution in [-0.2, 0) is 16.0 Å². The molecule has 5 nitrogen and oxygen atoms in total. The number of para-hydroxylation sites is 1. The van der Waals surface area contributed by atoms with Crippen LogP contribution in [0.3, 0.4) is 0 Å². The lowest BCUT2D eigenvalue weighted by Crippen LogP contribution is -2.42. The maximum atomic E-state index is 11.6. The Morgan fingerprint density at radius 3 is 2.88 bits per heavy atom. The quantitative estimate of drug-likeness (QED) is 0.648. The van der Waals surface area contributed by atoms with Gasteiger partial charge in [0.2, 0.25) is 11.8 Å². The molecule has 0 saturated heterocycles. The second-order valence-electron chi connectivity index (χ2n) is 3.74. The average molecular weight is 219 g/mol. The lowest BCUT2D eigenvalue weighted by atomic mass is 10.1. The Kier molecular flexibility index (Phi) is 2.76. The summed E-state index contributed by atoms with van der Waals surface area (Å²) in [5, 5.41) is 5.58. The van der Waals surface area contributed by atoms with E-state index >= 15 is 0 Å². The molecule has 1 aromatic rings. The van der Waals surface area contributed by atoms with Gasteiger partial charge in [0.05, 0.1) is 6.54 Å². The first-order valence-corrected chi connectivity index (χ1v) is 5.07. The zero-order valence-corrected chi connectivity index (χ0v) is 8.69. The second kappa shape index (κ2) is 4.22. The van der Waals surface area contributed by atoms with E-state index in [-0.39, 0.29) is 18.5 Å². The van der Waals surface area contributed by atoms with E-state index in [1.54, 1.807) is 0 Å². The van der Waals surface area contributed by atoms with E-state index in [1.165, 1.54) is 0 Å². The molecule has 84 valence electrons. The first kappa shape index (κ1) is 10.5. The summed E-state index contributed by atoms with van der Waals surface area (Å²) in [6.45, 7) is -0.118. The summed E-state index contributed by atoms with van der Waals surface area (Å²) >= 11 is 0. The lowest BCUT2D eigenvalue weighted by Gasteiger charge is -2.10. The van der Waals surface area contributed by atoms with Gasteiger partial charge in [-0.3, -0.25) is 9.59 Å². The van der Waals surface area contributed by atoms with Crippen molar-refractivity contribution in [1.82, 2.24) is 5.32 Å². The Labute approximate surface area is 93.0 Å².